The Hall–Kier alpha value is -2.39. The van der Waals surface area contributed by atoms with Gasteiger partial charge in [-0.1, -0.05) is 48.5 Å². The summed E-state index contributed by atoms with van der Waals surface area (Å²) in [6, 6.07) is 15.1. The number of fused-ring (bicyclic) bond motifs is 3. The zero-order valence-corrected chi connectivity index (χ0v) is 14.1. The van der Waals surface area contributed by atoms with Crippen molar-refractivity contribution >= 4 is 21.3 Å². The van der Waals surface area contributed by atoms with Gasteiger partial charge in [-0.25, -0.2) is 9.59 Å². The van der Waals surface area contributed by atoms with Crippen molar-refractivity contribution < 1.29 is 19.4 Å². The molecule has 2 N–H and O–H groups in total. The topological polar surface area (TPSA) is 75.6 Å². The Kier molecular flexibility index (Phi) is 4.81. The molecule has 2 aromatic carbocycles. The molecular formula is C18H18NO4P. The minimum absolute atomic E-state index is 0.0394. The fourth-order valence-corrected chi connectivity index (χ4v) is 3.32. The number of amides is 1. The zero-order valence-electron chi connectivity index (χ0n) is 12.9. The summed E-state index contributed by atoms with van der Waals surface area (Å²) in [5.41, 5.74) is 4.53. The second kappa shape index (κ2) is 7.02. The third-order valence-corrected chi connectivity index (χ3v) is 4.64. The van der Waals surface area contributed by atoms with Crippen LogP contribution in [0, 0.1) is 0 Å². The van der Waals surface area contributed by atoms with Crippen molar-refractivity contribution in [3.63, 3.8) is 0 Å². The Bertz CT molecular complexity index is 732. The molecule has 2 aromatic rings. The van der Waals surface area contributed by atoms with E-state index in [-0.39, 0.29) is 18.7 Å². The van der Waals surface area contributed by atoms with Gasteiger partial charge in [0.15, 0.2) is 0 Å². The summed E-state index contributed by atoms with van der Waals surface area (Å²) in [7, 11) is 2.30. The lowest BCUT2D eigenvalue weighted by atomic mass is 9.98. The van der Waals surface area contributed by atoms with E-state index in [0.717, 1.165) is 22.3 Å². The van der Waals surface area contributed by atoms with Gasteiger partial charge in [0.1, 0.15) is 12.6 Å². The van der Waals surface area contributed by atoms with Crippen LogP contribution in [-0.4, -0.2) is 36.0 Å². The summed E-state index contributed by atoms with van der Waals surface area (Å²) in [5.74, 6) is -1.12. The van der Waals surface area contributed by atoms with Gasteiger partial charge in [0.25, 0.3) is 0 Å². The van der Waals surface area contributed by atoms with Crippen molar-refractivity contribution in [2.24, 2.45) is 0 Å². The fraction of sp³-hybridized carbons (Fsp3) is 0.222. The molecule has 2 atom stereocenters. The van der Waals surface area contributed by atoms with Gasteiger partial charge in [-0.05, 0) is 28.4 Å². The van der Waals surface area contributed by atoms with E-state index in [0.29, 0.717) is 0 Å². The molecular weight excluding hydrogens is 325 g/mol. The molecule has 24 heavy (non-hydrogen) atoms. The number of ether oxygens (including phenoxy) is 1. The Morgan fingerprint density at radius 3 is 2.12 bits per heavy atom. The van der Waals surface area contributed by atoms with E-state index in [9.17, 15) is 9.59 Å². The van der Waals surface area contributed by atoms with Gasteiger partial charge in [0.2, 0.25) is 0 Å². The number of hydrogen-bond donors (Lipinski definition) is 2. The van der Waals surface area contributed by atoms with Gasteiger partial charge in [-0.2, -0.15) is 0 Å². The van der Waals surface area contributed by atoms with Gasteiger partial charge in [0, 0.05) is 5.92 Å². The monoisotopic (exact) mass is 343 g/mol. The van der Waals surface area contributed by atoms with Crippen molar-refractivity contribution in [1.82, 2.24) is 5.32 Å². The van der Waals surface area contributed by atoms with E-state index in [1.165, 1.54) is 0 Å². The van der Waals surface area contributed by atoms with Crippen LogP contribution in [0.3, 0.4) is 0 Å². The number of carboxylic acid groups (broad SMARTS) is 1. The third kappa shape index (κ3) is 3.13. The van der Waals surface area contributed by atoms with Crippen LogP contribution in [0.5, 0.6) is 0 Å². The number of carbonyl (C=O) groups is 2. The first-order valence-electron chi connectivity index (χ1n) is 7.66. The molecule has 0 fully saturated rings. The average molecular weight is 343 g/mol. The second-order valence-corrected chi connectivity index (χ2v) is 6.07. The Morgan fingerprint density at radius 1 is 1.08 bits per heavy atom. The summed E-state index contributed by atoms with van der Waals surface area (Å²) in [4.78, 5) is 22.9. The minimum atomic E-state index is -1.08. The van der Waals surface area contributed by atoms with Crippen LogP contribution in [0.4, 0.5) is 4.79 Å². The SMILES string of the molecule is O=C(NC(CP)C(=O)O)OCC1c2ccccc2-c2ccccc21. The van der Waals surface area contributed by atoms with Gasteiger partial charge in [-0.3, -0.25) is 0 Å². The van der Waals surface area contributed by atoms with Crippen molar-refractivity contribution in [2.75, 3.05) is 12.8 Å². The molecule has 0 aliphatic heterocycles. The van der Waals surface area contributed by atoms with Crippen molar-refractivity contribution in [2.45, 2.75) is 12.0 Å². The minimum Gasteiger partial charge on any atom is -0.480 e. The van der Waals surface area contributed by atoms with Gasteiger partial charge in [-0.15, -0.1) is 9.24 Å². The number of carbonyl (C=O) groups excluding carboxylic acids is 1. The summed E-state index contributed by atoms with van der Waals surface area (Å²) in [5, 5.41) is 11.3. The molecule has 6 heteroatoms. The molecule has 0 radical (unpaired) electrons. The lowest BCUT2D eigenvalue weighted by molar-refractivity contribution is -0.138. The maximum atomic E-state index is 11.9. The summed E-state index contributed by atoms with van der Waals surface area (Å²) >= 11 is 0. The molecule has 0 saturated heterocycles. The Balaban J connectivity index is 1.74. The first-order valence-corrected chi connectivity index (χ1v) is 8.48. The van der Waals surface area contributed by atoms with E-state index in [4.69, 9.17) is 9.84 Å². The van der Waals surface area contributed by atoms with Gasteiger partial charge >= 0.3 is 12.1 Å². The molecule has 1 aliphatic carbocycles. The number of benzene rings is 2. The molecule has 0 spiro atoms. The van der Waals surface area contributed by atoms with Crippen LogP contribution in [0.15, 0.2) is 48.5 Å². The molecule has 1 aliphatic rings. The van der Waals surface area contributed by atoms with Crippen LogP contribution in [0.25, 0.3) is 11.1 Å². The first kappa shape index (κ1) is 16.5. The highest BCUT2D eigenvalue weighted by Crippen LogP contribution is 2.44. The number of aliphatic carboxylic acids is 1. The maximum Gasteiger partial charge on any atom is 0.407 e. The van der Waals surface area contributed by atoms with E-state index in [1.54, 1.807) is 0 Å². The lowest BCUT2D eigenvalue weighted by Gasteiger charge is -2.16. The van der Waals surface area contributed by atoms with Crippen LogP contribution in [0.2, 0.25) is 0 Å². The highest BCUT2D eigenvalue weighted by molar-refractivity contribution is 7.16. The highest BCUT2D eigenvalue weighted by Gasteiger charge is 2.29. The number of nitrogens with one attached hydrogen (secondary N) is 1. The quantitative estimate of drug-likeness (QED) is 0.819. The molecule has 5 nitrogen and oxygen atoms in total. The smallest absolute Gasteiger partial charge is 0.407 e. The first-order chi connectivity index (χ1) is 11.6. The standard InChI is InChI=1S/C18H18NO4P/c20-17(21)16(10-24)19-18(22)23-9-15-13-7-3-1-5-11(13)12-6-2-4-8-14(12)15/h1-8,15-16H,9-10,24H2,(H,19,22)(H,20,21). The van der Waals surface area contributed by atoms with Crippen molar-refractivity contribution in [3.05, 3.63) is 59.7 Å². The fourth-order valence-electron chi connectivity index (χ4n) is 3.00. The molecule has 124 valence electrons. The van der Waals surface area contributed by atoms with E-state index < -0.39 is 18.1 Å². The number of rotatable bonds is 5. The Morgan fingerprint density at radius 2 is 1.62 bits per heavy atom. The normalized spacial score (nSPS) is 13.7. The molecule has 0 heterocycles. The molecule has 1 amide bonds. The maximum absolute atomic E-state index is 11.9. The van der Waals surface area contributed by atoms with Gasteiger partial charge in [0.05, 0.1) is 0 Å². The zero-order chi connectivity index (χ0) is 17.1. The predicted molar refractivity (Wildman–Crippen MR) is 94.2 cm³/mol. The summed E-state index contributed by atoms with van der Waals surface area (Å²) < 4.78 is 5.30. The largest absolute Gasteiger partial charge is 0.480 e. The molecule has 2 unspecified atom stereocenters. The van der Waals surface area contributed by atoms with Crippen LogP contribution >= 0.6 is 9.24 Å². The van der Waals surface area contributed by atoms with Crippen molar-refractivity contribution in [3.8, 4) is 11.1 Å². The summed E-state index contributed by atoms with van der Waals surface area (Å²) in [6.45, 7) is 0.170. The van der Waals surface area contributed by atoms with Crippen LogP contribution in [-0.2, 0) is 9.53 Å². The number of hydrogen-bond acceptors (Lipinski definition) is 3. The van der Waals surface area contributed by atoms with E-state index in [1.807, 2.05) is 36.4 Å². The second-order valence-electron chi connectivity index (χ2n) is 5.60. The lowest BCUT2D eigenvalue weighted by Crippen LogP contribution is -2.42. The van der Waals surface area contributed by atoms with Crippen LogP contribution < -0.4 is 5.32 Å². The molecule has 3 rings (SSSR count). The molecule has 0 saturated carbocycles. The predicted octanol–water partition coefficient (Wildman–Crippen LogP) is 2.85. The third-order valence-electron chi connectivity index (χ3n) is 4.17. The van der Waals surface area contributed by atoms with E-state index >= 15 is 0 Å². The van der Waals surface area contributed by atoms with Crippen molar-refractivity contribution in [1.29, 1.82) is 0 Å². The molecule has 0 aromatic heterocycles. The summed E-state index contributed by atoms with van der Waals surface area (Å²) in [6.07, 6.45) is -0.494. The van der Waals surface area contributed by atoms with E-state index in [2.05, 4.69) is 26.7 Å². The van der Waals surface area contributed by atoms with Gasteiger partial charge < -0.3 is 15.2 Å². The number of carboxylic acids is 1. The molecule has 0 bridgehead atoms. The van der Waals surface area contributed by atoms with Crippen LogP contribution in [0.1, 0.15) is 17.0 Å². The Labute approximate surface area is 142 Å². The highest BCUT2D eigenvalue weighted by atomic mass is 31.0. The average Bonchev–Trinajstić information content (AvgIpc) is 2.91. The number of alkyl carbamates (subject to hydrolysis) is 1.